The summed E-state index contributed by atoms with van der Waals surface area (Å²) in [7, 11) is 0. The Morgan fingerprint density at radius 2 is 1.92 bits per heavy atom. The minimum Gasteiger partial charge on any atom is -0.480 e. The third-order valence-electron chi connectivity index (χ3n) is 2.91. The van der Waals surface area contributed by atoms with E-state index >= 15 is 0 Å². The number of carbonyl (C=O) groups is 1. The first kappa shape index (κ1) is 9.52. The number of hydrogen-bond donors (Lipinski definition) is 2. The van der Waals surface area contributed by atoms with Gasteiger partial charge in [-0.05, 0) is 25.7 Å². The summed E-state index contributed by atoms with van der Waals surface area (Å²) in [5.41, 5.74) is 4.72. The molecule has 0 unspecified atom stereocenters. The molecular weight excluding hydrogens is 154 g/mol. The summed E-state index contributed by atoms with van der Waals surface area (Å²) in [4.78, 5) is 10.8. The van der Waals surface area contributed by atoms with E-state index < -0.39 is 11.5 Å². The quantitative estimate of drug-likeness (QED) is 0.659. The average molecular weight is 171 g/mol. The van der Waals surface area contributed by atoms with Crippen LogP contribution in [0, 0.1) is 5.92 Å². The molecule has 70 valence electrons. The van der Waals surface area contributed by atoms with E-state index in [4.69, 9.17) is 10.8 Å². The van der Waals surface area contributed by atoms with Gasteiger partial charge in [-0.25, -0.2) is 0 Å². The number of carboxylic acids is 1. The second kappa shape index (κ2) is 3.44. The van der Waals surface area contributed by atoms with E-state index in [1.165, 1.54) is 6.42 Å². The summed E-state index contributed by atoms with van der Waals surface area (Å²) >= 11 is 0. The zero-order chi connectivity index (χ0) is 9.19. The van der Waals surface area contributed by atoms with Gasteiger partial charge in [0.15, 0.2) is 0 Å². The molecule has 0 bridgehead atoms. The van der Waals surface area contributed by atoms with Gasteiger partial charge in [0.1, 0.15) is 5.54 Å². The summed E-state index contributed by atoms with van der Waals surface area (Å²) in [5, 5.41) is 8.87. The van der Waals surface area contributed by atoms with Gasteiger partial charge in [0.05, 0.1) is 0 Å². The molecule has 1 aliphatic carbocycles. The average Bonchev–Trinajstić information content (AvgIpc) is 2.06. The molecule has 0 aliphatic heterocycles. The minimum atomic E-state index is -1.01. The SMILES string of the molecule is C[C@](N)(C(=O)O)C1CCCCC1. The number of carboxylic acid groups (broad SMARTS) is 1. The Labute approximate surface area is 72.9 Å². The number of aliphatic carboxylic acids is 1. The molecule has 1 saturated carbocycles. The Morgan fingerprint density at radius 1 is 1.42 bits per heavy atom. The molecule has 0 saturated heterocycles. The van der Waals surface area contributed by atoms with Crippen LogP contribution in [0.4, 0.5) is 0 Å². The lowest BCUT2D eigenvalue weighted by molar-refractivity contribution is -0.145. The van der Waals surface area contributed by atoms with Gasteiger partial charge < -0.3 is 10.8 Å². The van der Waals surface area contributed by atoms with Crippen LogP contribution in [0.5, 0.6) is 0 Å². The highest BCUT2D eigenvalue weighted by Crippen LogP contribution is 2.31. The van der Waals surface area contributed by atoms with Gasteiger partial charge in [0, 0.05) is 0 Å². The van der Waals surface area contributed by atoms with Crippen molar-refractivity contribution in [2.45, 2.75) is 44.6 Å². The monoisotopic (exact) mass is 171 g/mol. The largest absolute Gasteiger partial charge is 0.480 e. The predicted octanol–water partition coefficient (Wildman–Crippen LogP) is 1.37. The lowest BCUT2D eigenvalue weighted by atomic mass is 9.76. The van der Waals surface area contributed by atoms with Crippen molar-refractivity contribution in [1.82, 2.24) is 0 Å². The van der Waals surface area contributed by atoms with Crippen LogP contribution in [-0.2, 0) is 4.79 Å². The van der Waals surface area contributed by atoms with Crippen molar-refractivity contribution in [1.29, 1.82) is 0 Å². The van der Waals surface area contributed by atoms with Crippen molar-refractivity contribution in [3.8, 4) is 0 Å². The molecule has 1 fully saturated rings. The van der Waals surface area contributed by atoms with Crippen LogP contribution in [0.3, 0.4) is 0 Å². The van der Waals surface area contributed by atoms with Crippen molar-refractivity contribution in [2.24, 2.45) is 11.7 Å². The maximum Gasteiger partial charge on any atom is 0.323 e. The van der Waals surface area contributed by atoms with Gasteiger partial charge >= 0.3 is 5.97 Å². The second-order valence-corrected chi connectivity index (χ2v) is 3.92. The highest BCUT2D eigenvalue weighted by Gasteiger charge is 2.37. The van der Waals surface area contributed by atoms with Crippen LogP contribution < -0.4 is 5.73 Å². The zero-order valence-corrected chi connectivity index (χ0v) is 7.55. The Kier molecular flexibility index (Phi) is 2.73. The van der Waals surface area contributed by atoms with E-state index in [0.29, 0.717) is 0 Å². The fourth-order valence-electron chi connectivity index (χ4n) is 1.88. The fourth-order valence-corrected chi connectivity index (χ4v) is 1.88. The topological polar surface area (TPSA) is 63.3 Å². The number of rotatable bonds is 2. The molecule has 1 aliphatic rings. The molecule has 3 N–H and O–H groups in total. The van der Waals surface area contributed by atoms with E-state index in [9.17, 15) is 4.79 Å². The summed E-state index contributed by atoms with van der Waals surface area (Å²) < 4.78 is 0. The van der Waals surface area contributed by atoms with Gasteiger partial charge in [-0.1, -0.05) is 19.3 Å². The molecule has 0 amide bonds. The molecule has 1 atom stereocenters. The van der Waals surface area contributed by atoms with Crippen LogP contribution in [0.2, 0.25) is 0 Å². The minimum absolute atomic E-state index is 0.170. The van der Waals surface area contributed by atoms with Crippen molar-refractivity contribution >= 4 is 5.97 Å². The van der Waals surface area contributed by atoms with Gasteiger partial charge in [-0.15, -0.1) is 0 Å². The third-order valence-corrected chi connectivity index (χ3v) is 2.91. The van der Waals surface area contributed by atoms with Gasteiger partial charge in [-0.3, -0.25) is 4.79 Å². The Bertz CT molecular complexity index is 171. The first-order chi connectivity index (χ1) is 5.55. The number of nitrogens with two attached hydrogens (primary N) is 1. The highest BCUT2D eigenvalue weighted by molar-refractivity contribution is 5.78. The summed E-state index contributed by atoms with van der Waals surface area (Å²) in [6.07, 6.45) is 5.43. The first-order valence-electron chi connectivity index (χ1n) is 4.57. The predicted molar refractivity (Wildman–Crippen MR) is 46.8 cm³/mol. The van der Waals surface area contributed by atoms with Gasteiger partial charge in [-0.2, -0.15) is 0 Å². The van der Waals surface area contributed by atoms with E-state index in [-0.39, 0.29) is 5.92 Å². The zero-order valence-electron chi connectivity index (χ0n) is 7.55. The molecular formula is C9H17NO2. The van der Waals surface area contributed by atoms with Crippen LogP contribution in [0.15, 0.2) is 0 Å². The summed E-state index contributed by atoms with van der Waals surface area (Å²) in [5.74, 6) is -0.696. The van der Waals surface area contributed by atoms with Crippen molar-refractivity contribution in [3.63, 3.8) is 0 Å². The van der Waals surface area contributed by atoms with Crippen LogP contribution in [-0.4, -0.2) is 16.6 Å². The smallest absolute Gasteiger partial charge is 0.323 e. The van der Waals surface area contributed by atoms with E-state index in [1.54, 1.807) is 6.92 Å². The standard InChI is InChI=1S/C9H17NO2/c1-9(10,8(11)12)7-5-3-2-4-6-7/h7H,2-6,10H2,1H3,(H,11,12)/t9-/m1/s1. The van der Waals surface area contributed by atoms with Crippen molar-refractivity contribution in [3.05, 3.63) is 0 Å². The van der Waals surface area contributed by atoms with E-state index in [1.807, 2.05) is 0 Å². The molecule has 3 nitrogen and oxygen atoms in total. The fraction of sp³-hybridized carbons (Fsp3) is 0.889. The first-order valence-corrected chi connectivity index (χ1v) is 4.57. The van der Waals surface area contributed by atoms with Crippen molar-refractivity contribution in [2.75, 3.05) is 0 Å². The molecule has 0 heterocycles. The van der Waals surface area contributed by atoms with E-state index in [2.05, 4.69) is 0 Å². The molecule has 3 heteroatoms. The van der Waals surface area contributed by atoms with E-state index in [0.717, 1.165) is 25.7 Å². The Hall–Kier alpha value is -0.570. The molecule has 0 spiro atoms. The lowest BCUT2D eigenvalue weighted by Gasteiger charge is -2.32. The maximum absolute atomic E-state index is 10.8. The van der Waals surface area contributed by atoms with Crippen LogP contribution in [0.1, 0.15) is 39.0 Å². The molecule has 1 rings (SSSR count). The Balaban J connectivity index is 2.59. The van der Waals surface area contributed by atoms with Gasteiger partial charge in [0.2, 0.25) is 0 Å². The molecule has 0 aromatic heterocycles. The summed E-state index contributed by atoms with van der Waals surface area (Å²) in [6, 6.07) is 0. The Morgan fingerprint density at radius 3 is 2.33 bits per heavy atom. The third kappa shape index (κ3) is 1.78. The van der Waals surface area contributed by atoms with Crippen LogP contribution >= 0.6 is 0 Å². The summed E-state index contributed by atoms with van der Waals surface area (Å²) in [6.45, 7) is 1.63. The second-order valence-electron chi connectivity index (χ2n) is 3.92. The molecule has 0 aromatic rings. The maximum atomic E-state index is 10.8. The normalized spacial score (nSPS) is 24.8. The number of hydrogen-bond acceptors (Lipinski definition) is 2. The van der Waals surface area contributed by atoms with Gasteiger partial charge in [0.25, 0.3) is 0 Å². The van der Waals surface area contributed by atoms with Crippen LogP contribution in [0.25, 0.3) is 0 Å². The van der Waals surface area contributed by atoms with Crippen molar-refractivity contribution < 1.29 is 9.90 Å². The molecule has 0 aromatic carbocycles. The highest BCUT2D eigenvalue weighted by atomic mass is 16.4. The lowest BCUT2D eigenvalue weighted by Crippen LogP contribution is -2.51. The molecule has 0 radical (unpaired) electrons. The molecule has 12 heavy (non-hydrogen) atoms.